The van der Waals surface area contributed by atoms with E-state index in [1.807, 2.05) is 11.8 Å². The molecule has 2 saturated heterocycles. The molecule has 0 bridgehead atoms. The Kier molecular flexibility index (Phi) is 4.99. The summed E-state index contributed by atoms with van der Waals surface area (Å²) in [7, 11) is 2.23. The van der Waals surface area contributed by atoms with Gasteiger partial charge in [-0.15, -0.1) is 11.8 Å². The number of hydrogen-bond acceptors (Lipinski definition) is 4. The van der Waals surface area contributed by atoms with Crippen molar-refractivity contribution in [3.8, 4) is 0 Å². The molecule has 4 heteroatoms. The van der Waals surface area contributed by atoms with E-state index in [4.69, 9.17) is 4.74 Å². The standard InChI is InChI=1S/C16H24N2OS/c1-18(14-6-8-19-9-7-14)12-13-2-4-15(5-3-13)20-16-10-17-11-16/h2-5,14,16-17H,6-12H2,1H3. The molecule has 3 rings (SSSR count). The molecule has 0 saturated carbocycles. The summed E-state index contributed by atoms with van der Waals surface area (Å²) in [5, 5.41) is 4.09. The molecule has 1 aromatic carbocycles. The van der Waals surface area contributed by atoms with Crippen molar-refractivity contribution in [1.82, 2.24) is 10.2 Å². The Morgan fingerprint density at radius 1 is 1.20 bits per heavy atom. The Labute approximate surface area is 126 Å². The molecule has 0 unspecified atom stereocenters. The van der Waals surface area contributed by atoms with Crippen LogP contribution in [0.25, 0.3) is 0 Å². The number of hydrogen-bond donors (Lipinski definition) is 1. The molecule has 2 aliphatic heterocycles. The van der Waals surface area contributed by atoms with Crippen LogP contribution < -0.4 is 5.32 Å². The summed E-state index contributed by atoms with van der Waals surface area (Å²) < 4.78 is 5.43. The van der Waals surface area contributed by atoms with Crippen LogP contribution in [-0.4, -0.2) is 49.5 Å². The smallest absolute Gasteiger partial charge is 0.0480 e. The molecule has 0 aromatic heterocycles. The van der Waals surface area contributed by atoms with Crippen LogP contribution in [0.5, 0.6) is 0 Å². The van der Waals surface area contributed by atoms with Crippen LogP contribution in [0.4, 0.5) is 0 Å². The summed E-state index contributed by atoms with van der Waals surface area (Å²) >= 11 is 1.99. The van der Waals surface area contributed by atoms with Crippen LogP contribution >= 0.6 is 11.8 Å². The molecule has 1 N–H and O–H groups in total. The Bertz CT molecular complexity index is 413. The Morgan fingerprint density at radius 3 is 2.50 bits per heavy atom. The first-order valence-electron chi connectivity index (χ1n) is 7.55. The van der Waals surface area contributed by atoms with Crippen molar-refractivity contribution in [2.75, 3.05) is 33.4 Å². The van der Waals surface area contributed by atoms with Gasteiger partial charge in [0.25, 0.3) is 0 Å². The molecular weight excluding hydrogens is 268 g/mol. The summed E-state index contributed by atoms with van der Waals surface area (Å²) in [6, 6.07) is 9.79. The van der Waals surface area contributed by atoms with Gasteiger partial charge < -0.3 is 10.1 Å². The monoisotopic (exact) mass is 292 g/mol. The van der Waals surface area contributed by atoms with Gasteiger partial charge in [0.15, 0.2) is 0 Å². The highest BCUT2D eigenvalue weighted by Gasteiger charge is 2.19. The van der Waals surface area contributed by atoms with E-state index in [9.17, 15) is 0 Å². The minimum Gasteiger partial charge on any atom is -0.381 e. The van der Waals surface area contributed by atoms with Gasteiger partial charge in [0, 0.05) is 49.0 Å². The zero-order valence-corrected chi connectivity index (χ0v) is 13.0. The molecule has 1 aromatic rings. The van der Waals surface area contributed by atoms with Crippen LogP contribution in [0.2, 0.25) is 0 Å². The average Bonchev–Trinajstić information content (AvgIpc) is 2.45. The van der Waals surface area contributed by atoms with Crippen LogP contribution in [0, 0.1) is 0 Å². The van der Waals surface area contributed by atoms with E-state index < -0.39 is 0 Å². The van der Waals surface area contributed by atoms with Gasteiger partial charge in [0.05, 0.1) is 0 Å². The summed E-state index contributed by atoms with van der Waals surface area (Å²) in [5.74, 6) is 0. The first-order valence-corrected chi connectivity index (χ1v) is 8.43. The number of rotatable bonds is 5. The van der Waals surface area contributed by atoms with Crippen molar-refractivity contribution in [2.45, 2.75) is 35.6 Å². The van der Waals surface area contributed by atoms with Gasteiger partial charge in [0.1, 0.15) is 0 Å². The molecule has 2 heterocycles. The summed E-state index contributed by atoms with van der Waals surface area (Å²) in [5.41, 5.74) is 1.41. The fourth-order valence-corrected chi connectivity index (χ4v) is 3.83. The van der Waals surface area contributed by atoms with E-state index in [1.165, 1.54) is 23.3 Å². The molecule has 20 heavy (non-hydrogen) atoms. The first kappa shape index (κ1) is 14.4. The Hall–Kier alpha value is -0.550. The van der Waals surface area contributed by atoms with E-state index in [0.29, 0.717) is 6.04 Å². The van der Waals surface area contributed by atoms with Crippen LogP contribution in [0.15, 0.2) is 29.2 Å². The van der Waals surface area contributed by atoms with E-state index in [2.05, 4.69) is 41.5 Å². The maximum absolute atomic E-state index is 5.43. The Balaban J connectivity index is 1.51. The summed E-state index contributed by atoms with van der Waals surface area (Å²) in [6.45, 7) is 5.18. The lowest BCUT2D eigenvalue weighted by Gasteiger charge is -2.31. The Morgan fingerprint density at radius 2 is 1.90 bits per heavy atom. The summed E-state index contributed by atoms with van der Waals surface area (Å²) in [4.78, 5) is 3.87. The highest BCUT2D eigenvalue weighted by molar-refractivity contribution is 8.00. The zero-order valence-electron chi connectivity index (χ0n) is 12.2. The third kappa shape index (κ3) is 3.76. The third-order valence-corrected chi connectivity index (χ3v) is 5.43. The molecule has 3 nitrogen and oxygen atoms in total. The summed E-state index contributed by atoms with van der Waals surface area (Å²) in [6.07, 6.45) is 2.33. The van der Waals surface area contributed by atoms with Crippen molar-refractivity contribution in [3.05, 3.63) is 29.8 Å². The van der Waals surface area contributed by atoms with Crippen LogP contribution in [-0.2, 0) is 11.3 Å². The maximum atomic E-state index is 5.43. The zero-order chi connectivity index (χ0) is 13.8. The number of thioether (sulfide) groups is 1. The highest BCUT2D eigenvalue weighted by atomic mass is 32.2. The lowest BCUT2D eigenvalue weighted by atomic mass is 10.1. The lowest BCUT2D eigenvalue weighted by Crippen LogP contribution is -2.44. The van der Waals surface area contributed by atoms with E-state index in [0.717, 1.165) is 38.1 Å². The van der Waals surface area contributed by atoms with E-state index in [-0.39, 0.29) is 0 Å². The fraction of sp³-hybridized carbons (Fsp3) is 0.625. The van der Waals surface area contributed by atoms with Crippen molar-refractivity contribution >= 4 is 11.8 Å². The van der Waals surface area contributed by atoms with Crippen molar-refractivity contribution in [2.24, 2.45) is 0 Å². The average molecular weight is 292 g/mol. The molecule has 0 atom stereocenters. The van der Waals surface area contributed by atoms with Gasteiger partial charge in [-0.2, -0.15) is 0 Å². The second kappa shape index (κ2) is 6.94. The van der Waals surface area contributed by atoms with Gasteiger partial charge in [0.2, 0.25) is 0 Å². The van der Waals surface area contributed by atoms with Crippen molar-refractivity contribution in [1.29, 1.82) is 0 Å². The quantitative estimate of drug-likeness (QED) is 0.900. The largest absolute Gasteiger partial charge is 0.381 e. The highest BCUT2D eigenvalue weighted by Crippen LogP contribution is 2.26. The van der Waals surface area contributed by atoms with Gasteiger partial charge in [-0.3, -0.25) is 4.90 Å². The minimum absolute atomic E-state index is 0.679. The molecule has 0 aliphatic carbocycles. The van der Waals surface area contributed by atoms with Gasteiger partial charge in [-0.1, -0.05) is 12.1 Å². The SMILES string of the molecule is CN(Cc1ccc(SC2CNC2)cc1)C1CCOCC1. The second-order valence-corrected chi connectivity index (χ2v) is 7.17. The predicted octanol–water partition coefficient (Wildman–Crippen LogP) is 2.36. The molecule has 2 aliphatic rings. The minimum atomic E-state index is 0.679. The van der Waals surface area contributed by atoms with Crippen LogP contribution in [0.3, 0.4) is 0 Å². The molecule has 110 valence electrons. The van der Waals surface area contributed by atoms with Gasteiger partial charge >= 0.3 is 0 Å². The molecule has 0 radical (unpaired) electrons. The van der Waals surface area contributed by atoms with E-state index >= 15 is 0 Å². The van der Waals surface area contributed by atoms with Gasteiger partial charge in [-0.05, 0) is 37.6 Å². The van der Waals surface area contributed by atoms with Crippen LogP contribution in [0.1, 0.15) is 18.4 Å². The van der Waals surface area contributed by atoms with Crippen molar-refractivity contribution < 1.29 is 4.74 Å². The van der Waals surface area contributed by atoms with Gasteiger partial charge in [-0.25, -0.2) is 0 Å². The third-order valence-electron chi connectivity index (χ3n) is 4.22. The molecular formula is C16H24N2OS. The fourth-order valence-electron chi connectivity index (χ4n) is 2.75. The topological polar surface area (TPSA) is 24.5 Å². The molecule has 2 fully saturated rings. The predicted molar refractivity (Wildman–Crippen MR) is 84.3 cm³/mol. The van der Waals surface area contributed by atoms with Crippen molar-refractivity contribution in [3.63, 3.8) is 0 Å². The number of nitrogens with one attached hydrogen (secondary N) is 1. The molecule has 0 amide bonds. The van der Waals surface area contributed by atoms with E-state index in [1.54, 1.807) is 0 Å². The lowest BCUT2D eigenvalue weighted by molar-refractivity contribution is 0.0407. The first-order chi connectivity index (χ1) is 9.81. The molecule has 0 spiro atoms. The normalized spacial score (nSPS) is 21.1. The number of ether oxygens (including phenoxy) is 1. The number of benzene rings is 1. The second-order valence-electron chi connectivity index (χ2n) is 5.80. The maximum Gasteiger partial charge on any atom is 0.0480 e. The number of nitrogens with zero attached hydrogens (tertiary/aromatic N) is 1.